The van der Waals surface area contributed by atoms with Gasteiger partial charge in [-0.25, -0.2) is 4.79 Å². The zero-order chi connectivity index (χ0) is 24.5. The van der Waals surface area contributed by atoms with E-state index in [0.29, 0.717) is 28.2 Å². The Labute approximate surface area is 197 Å². The largest absolute Gasteiger partial charge is 0.508 e. The smallest absolute Gasteiger partial charge is 0.412 e. The number of nitrogens with two attached hydrogens (primary N) is 1. The van der Waals surface area contributed by atoms with E-state index < -0.39 is 12.2 Å². The Bertz CT molecular complexity index is 1190. The Morgan fingerprint density at radius 3 is 2.29 bits per heavy atom. The van der Waals surface area contributed by atoms with E-state index >= 15 is 0 Å². The average Bonchev–Trinajstić information content (AvgIpc) is 2.81. The van der Waals surface area contributed by atoms with Crippen molar-refractivity contribution in [1.82, 2.24) is 0 Å². The van der Waals surface area contributed by atoms with Gasteiger partial charge in [0.05, 0.1) is 11.4 Å². The van der Waals surface area contributed by atoms with E-state index in [1.807, 2.05) is 0 Å². The van der Waals surface area contributed by atoms with Crippen molar-refractivity contribution in [3.8, 4) is 5.75 Å². The SMILES string of the molecule is CC(=O)c1ccc(NC(=O)O[C@H](C/C=C/C(=O)Nc2ccccc2N)c2ccc(O)cc2)cc1. The number of para-hydroxylation sites is 2. The number of hydrogen-bond donors (Lipinski definition) is 4. The molecule has 0 unspecified atom stereocenters. The fourth-order valence-corrected chi connectivity index (χ4v) is 3.09. The number of amides is 2. The number of phenols is 1. The van der Waals surface area contributed by atoms with Crippen LogP contribution in [0.25, 0.3) is 0 Å². The van der Waals surface area contributed by atoms with Gasteiger partial charge in [0, 0.05) is 17.7 Å². The number of rotatable bonds is 8. The fraction of sp³-hybridized carbons (Fsp3) is 0.115. The number of anilines is 3. The summed E-state index contributed by atoms with van der Waals surface area (Å²) in [5.74, 6) is -0.377. The summed E-state index contributed by atoms with van der Waals surface area (Å²) in [6.07, 6.45) is 1.70. The van der Waals surface area contributed by atoms with Crippen molar-refractivity contribution in [3.05, 3.63) is 96.1 Å². The van der Waals surface area contributed by atoms with Gasteiger partial charge in [0.2, 0.25) is 5.91 Å². The molecule has 0 saturated heterocycles. The van der Waals surface area contributed by atoms with E-state index in [0.717, 1.165) is 0 Å². The third-order valence-electron chi connectivity index (χ3n) is 4.89. The van der Waals surface area contributed by atoms with Crippen molar-refractivity contribution >= 4 is 34.8 Å². The van der Waals surface area contributed by atoms with Crippen LogP contribution in [0.4, 0.5) is 21.9 Å². The lowest BCUT2D eigenvalue weighted by molar-refractivity contribution is -0.111. The van der Waals surface area contributed by atoms with Crippen LogP contribution in [-0.4, -0.2) is 22.9 Å². The lowest BCUT2D eigenvalue weighted by Crippen LogP contribution is -2.17. The summed E-state index contributed by atoms with van der Waals surface area (Å²) in [4.78, 5) is 36.1. The summed E-state index contributed by atoms with van der Waals surface area (Å²) in [6, 6.07) is 19.6. The first-order valence-corrected chi connectivity index (χ1v) is 10.5. The van der Waals surface area contributed by atoms with E-state index in [-0.39, 0.29) is 23.9 Å². The molecule has 0 aromatic heterocycles. The normalized spacial score (nSPS) is 11.6. The maximum atomic E-state index is 12.5. The molecule has 0 bridgehead atoms. The predicted molar refractivity (Wildman–Crippen MR) is 131 cm³/mol. The van der Waals surface area contributed by atoms with E-state index in [1.165, 1.54) is 25.1 Å². The van der Waals surface area contributed by atoms with E-state index in [9.17, 15) is 19.5 Å². The number of benzene rings is 3. The summed E-state index contributed by atoms with van der Waals surface area (Å²) < 4.78 is 5.58. The molecule has 0 aliphatic carbocycles. The van der Waals surface area contributed by atoms with Crippen molar-refractivity contribution in [2.45, 2.75) is 19.4 Å². The Morgan fingerprint density at radius 1 is 0.971 bits per heavy atom. The average molecular weight is 460 g/mol. The maximum Gasteiger partial charge on any atom is 0.412 e. The molecule has 0 heterocycles. The molecule has 3 aromatic carbocycles. The zero-order valence-electron chi connectivity index (χ0n) is 18.5. The number of carbonyl (C=O) groups is 3. The molecule has 0 spiro atoms. The summed E-state index contributed by atoms with van der Waals surface area (Å²) >= 11 is 0. The lowest BCUT2D eigenvalue weighted by atomic mass is 10.1. The van der Waals surface area contributed by atoms with Gasteiger partial charge in [-0.3, -0.25) is 14.9 Å². The quantitative estimate of drug-likeness (QED) is 0.212. The molecular formula is C26H25N3O5. The summed E-state index contributed by atoms with van der Waals surface area (Å²) in [6.45, 7) is 1.46. The highest BCUT2D eigenvalue weighted by atomic mass is 16.6. The number of Topliss-reactive ketones (excluding diaryl/α,β-unsaturated/α-hetero) is 1. The molecule has 174 valence electrons. The van der Waals surface area contributed by atoms with Gasteiger partial charge in [-0.2, -0.15) is 0 Å². The van der Waals surface area contributed by atoms with Crippen LogP contribution < -0.4 is 16.4 Å². The second-order valence-corrected chi connectivity index (χ2v) is 7.46. The van der Waals surface area contributed by atoms with Crippen LogP contribution in [0.1, 0.15) is 35.4 Å². The summed E-state index contributed by atoms with van der Waals surface area (Å²) in [5, 5.41) is 14.9. The first kappa shape index (κ1) is 24.1. The van der Waals surface area contributed by atoms with Crippen molar-refractivity contribution in [3.63, 3.8) is 0 Å². The molecule has 3 aromatic rings. The van der Waals surface area contributed by atoms with E-state index in [2.05, 4.69) is 10.6 Å². The summed E-state index contributed by atoms with van der Waals surface area (Å²) in [5.41, 5.74) is 8.41. The van der Waals surface area contributed by atoms with Crippen LogP contribution in [0, 0.1) is 0 Å². The molecule has 1 atom stereocenters. The highest BCUT2D eigenvalue weighted by Gasteiger charge is 2.16. The third-order valence-corrected chi connectivity index (χ3v) is 4.89. The molecule has 0 aliphatic rings. The van der Waals surface area contributed by atoms with Gasteiger partial charge in [0.15, 0.2) is 5.78 Å². The minimum absolute atomic E-state index is 0.0766. The van der Waals surface area contributed by atoms with Gasteiger partial charge in [0.25, 0.3) is 0 Å². The van der Waals surface area contributed by atoms with E-state index in [1.54, 1.807) is 66.7 Å². The second kappa shape index (κ2) is 11.3. The van der Waals surface area contributed by atoms with Crippen molar-refractivity contribution in [1.29, 1.82) is 0 Å². The maximum absolute atomic E-state index is 12.5. The number of ether oxygens (including phenoxy) is 1. The number of phenolic OH excluding ortho intramolecular Hbond substituents is 1. The van der Waals surface area contributed by atoms with Gasteiger partial charge < -0.3 is 20.9 Å². The standard InChI is InChI=1S/C26H25N3O5/c1-17(30)18-9-13-20(14-10-18)28-26(33)34-24(19-11-15-21(31)16-12-19)7-4-8-25(32)29-23-6-3-2-5-22(23)27/h2-6,8-16,24,31H,7,27H2,1H3,(H,28,33)(H,29,32)/b8-4+/t24-/m1/s1. The molecule has 5 N–H and O–H groups in total. The summed E-state index contributed by atoms with van der Waals surface area (Å²) in [7, 11) is 0. The van der Waals surface area contributed by atoms with Gasteiger partial charge in [-0.1, -0.05) is 30.3 Å². The number of carbonyl (C=O) groups excluding carboxylic acids is 3. The van der Waals surface area contributed by atoms with Crippen LogP contribution in [0.15, 0.2) is 84.9 Å². The molecule has 2 amide bonds. The zero-order valence-corrected chi connectivity index (χ0v) is 18.5. The molecule has 0 aliphatic heterocycles. The number of nitrogens with one attached hydrogen (secondary N) is 2. The first-order chi connectivity index (χ1) is 16.3. The molecule has 8 heteroatoms. The van der Waals surface area contributed by atoms with Crippen LogP contribution in [0.5, 0.6) is 5.75 Å². The van der Waals surface area contributed by atoms with Gasteiger partial charge in [-0.05, 0) is 67.1 Å². The molecule has 0 saturated carbocycles. The Hall–Kier alpha value is -4.59. The van der Waals surface area contributed by atoms with Crippen molar-refractivity contribution in [2.24, 2.45) is 0 Å². The number of aromatic hydroxyl groups is 1. The predicted octanol–water partition coefficient (Wildman–Crippen LogP) is 5.05. The molecule has 0 fully saturated rings. The highest BCUT2D eigenvalue weighted by Crippen LogP contribution is 2.25. The first-order valence-electron chi connectivity index (χ1n) is 10.5. The Kier molecular flexibility index (Phi) is 8.02. The fourth-order valence-electron chi connectivity index (χ4n) is 3.09. The van der Waals surface area contributed by atoms with Crippen LogP contribution in [0.3, 0.4) is 0 Å². The number of hydrogen-bond acceptors (Lipinski definition) is 6. The number of nitrogen functional groups attached to an aromatic ring is 1. The minimum Gasteiger partial charge on any atom is -0.508 e. The second-order valence-electron chi connectivity index (χ2n) is 7.46. The molecule has 34 heavy (non-hydrogen) atoms. The highest BCUT2D eigenvalue weighted by molar-refractivity contribution is 6.01. The van der Waals surface area contributed by atoms with Crippen molar-refractivity contribution in [2.75, 3.05) is 16.4 Å². The molecular weight excluding hydrogens is 434 g/mol. The minimum atomic E-state index is -0.720. The Morgan fingerprint density at radius 2 is 1.65 bits per heavy atom. The number of ketones is 1. The van der Waals surface area contributed by atoms with Crippen LogP contribution in [0.2, 0.25) is 0 Å². The molecule has 8 nitrogen and oxygen atoms in total. The van der Waals surface area contributed by atoms with Crippen molar-refractivity contribution < 1.29 is 24.2 Å². The Balaban J connectivity index is 1.66. The lowest BCUT2D eigenvalue weighted by Gasteiger charge is -2.17. The van der Waals surface area contributed by atoms with Gasteiger partial charge >= 0.3 is 6.09 Å². The van der Waals surface area contributed by atoms with Crippen LogP contribution >= 0.6 is 0 Å². The molecule has 0 radical (unpaired) electrons. The third kappa shape index (κ3) is 6.96. The van der Waals surface area contributed by atoms with Gasteiger partial charge in [-0.15, -0.1) is 0 Å². The molecule has 3 rings (SSSR count). The topological polar surface area (TPSA) is 131 Å². The van der Waals surface area contributed by atoms with Crippen LogP contribution in [-0.2, 0) is 9.53 Å². The van der Waals surface area contributed by atoms with Gasteiger partial charge in [0.1, 0.15) is 11.9 Å². The van der Waals surface area contributed by atoms with E-state index in [4.69, 9.17) is 10.5 Å². The monoisotopic (exact) mass is 459 g/mol.